The van der Waals surface area contributed by atoms with Crippen LogP contribution >= 0.6 is 0 Å². The third kappa shape index (κ3) is 5.81. The molecule has 1 rings (SSSR count). The highest BCUT2D eigenvalue weighted by Gasteiger charge is 2.04. The topological polar surface area (TPSA) is 109 Å². The Morgan fingerprint density at radius 3 is 2.40 bits per heavy atom. The van der Waals surface area contributed by atoms with E-state index >= 15 is 0 Å². The number of primary amides is 1. The first-order valence-electron chi connectivity index (χ1n) is 6.06. The van der Waals surface area contributed by atoms with Gasteiger partial charge in [0.25, 0.3) is 5.91 Å². The molecule has 20 heavy (non-hydrogen) atoms. The van der Waals surface area contributed by atoms with Crippen molar-refractivity contribution < 1.29 is 19.5 Å². The normalized spacial score (nSPS) is 10.4. The monoisotopic (exact) mass is 276 g/mol. The number of amides is 2. The molecular weight excluding hydrogens is 260 g/mol. The van der Waals surface area contributed by atoms with E-state index in [4.69, 9.17) is 10.8 Å². The quantitative estimate of drug-likeness (QED) is 0.505. The van der Waals surface area contributed by atoms with Crippen LogP contribution in [0.3, 0.4) is 0 Å². The first kappa shape index (κ1) is 15.4. The van der Waals surface area contributed by atoms with Gasteiger partial charge in [-0.2, -0.15) is 0 Å². The van der Waals surface area contributed by atoms with Crippen molar-refractivity contribution in [2.24, 2.45) is 5.73 Å². The molecule has 2 amide bonds. The van der Waals surface area contributed by atoms with Gasteiger partial charge in [0.2, 0.25) is 5.91 Å². The van der Waals surface area contributed by atoms with E-state index in [1.54, 1.807) is 24.3 Å². The van der Waals surface area contributed by atoms with Crippen LogP contribution in [0.25, 0.3) is 6.08 Å². The van der Waals surface area contributed by atoms with Crippen molar-refractivity contribution >= 4 is 23.9 Å². The first-order chi connectivity index (χ1) is 9.49. The highest BCUT2D eigenvalue weighted by atomic mass is 16.4. The summed E-state index contributed by atoms with van der Waals surface area (Å²) in [5.74, 6) is -1.67. The van der Waals surface area contributed by atoms with Gasteiger partial charge in [-0.25, -0.2) is 4.79 Å². The lowest BCUT2D eigenvalue weighted by molar-refractivity contribution is -0.131. The molecule has 1 aromatic rings. The smallest absolute Gasteiger partial charge is 0.328 e. The van der Waals surface area contributed by atoms with Crippen molar-refractivity contribution in [2.45, 2.75) is 12.8 Å². The third-order valence-corrected chi connectivity index (χ3v) is 2.48. The fraction of sp³-hybridized carbons (Fsp3) is 0.214. The lowest BCUT2D eigenvalue weighted by atomic mass is 10.1. The number of carbonyl (C=O) groups is 3. The molecule has 106 valence electrons. The largest absolute Gasteiger partial charge is 0.478 e. The molecule has 0 fully saturated rings. The van der Waals surface area contributed by atoms with Gasteiger partial charge >= 0.3 is 5.97 Å². The van der Waals surface area contributed by atoms with Crippen LogP contribution in [0.2, 0.25) is 0 Å². The average Bonchev–Trinajstić information content (AvgIpc) is 2.41. The second-order valence-corrected chi connectivity index (χ2v) is 4.12. The zero-order chi connectivity index (χ0) is 15.0. The summed E-state index contributed by atoms with van der Waals surface area (Å²) in [6.07, 6.45) is 3.20. The lowest BCUT2D eigenvalue weighted by Crippen LogP contribution is -2.25. The van der Waals surface area contributed by atoms with Gasteiger partial charge in [0.15, 0.2) is 0 Å². The first-order valence-corrected chi connectivity index (χ1v) is 6.06. The molecular formula is C14H16N2O4. The number of rotatable bonds is 7. The molecule has 4 N–H and O–H groups in total. The molecule has 0 radical (unpaired) electrons. The molecule has 0 saturated carbocycles. The Morgan fingerprint density at radius 1 is 1.20 bits per heavy atom. The summed E-state index contributed by atoms with van der Waals surface area (Å²) in [6, 6.07) is 6.51. The summed E-state index contributed by atoms with van der Waals surface area (Å²) >= 11 is 0. The predicted octanol–water partition coefficient (Wildman–Crippen LogP) is 0.780. The van der Waals surface area contributed by atoms with Gasteiger partial charge in [-0.05, 0) is 30.2 Å². The van der Waals surface area contributed by atoms with Crippen LogP contribution in [0.4, 0.5) is 0 Å². The third-order valence-electron chi connectivity index (χ3n) is 2.48. The van der Waals surface area contributed by atoms with E-state index in [1.165, 1.54) is 6.08 Å². The highest BCUT2D eigenvalue weighted by Crippen LogP contribution is 2.06. The minimum absolute atomic E-state index is 0.235. The van der Waals surface area contributed by atoms with Gasteiger partial charge in [0.1, 0.15) is 0 Å². The molecule has 0 spiro atoms. The Kier molecular flexibility index (Phi) is 5.96. The number of benzene rings is 1. The minimum Gasteiger partial charge on any atom is -0.478 e. The average molecular weight is 276 g/mol. The maximum Gasteiger partial charge on any atom is 0.328 e. The Morgan fingerprint density at radius 2 is 1.85 bits per heavy atom. The van der Waals surface area contributed by atoms with Crippen LogP contribution in [-0.2, 0) is 9.59 Å². The van der Waals surface area contributed by atoms with Crippen LogP contribution in [-0.4, -0.2) is 29.4 Å². The van der Waals surface area contributed by atoms with Crippen LogP contribution < -0.4 is 11.1 Å². The molecule has 0 unspecified atom stereocenters. The molecule has 0 saturated heterocycles. The molecule has 0 aliphatic carbocycles. The maximum absolute atomic E-state index is 11.7. The Balaban J connectivity index is 2.49. The van der Waals surface area contributed by atoms with Crippen molar-refractivity contribution in [3.63, 3.8) is 0 Å². The van der Waals surface area contributed by atoms with E-state index in [0.717, 1.165) is 6.08 Å². The van der Waals surface area contributed by atoms with E-state index in [1.807, 2.05) is 0 Å². The lowest BCUT2D eigenvalue weighted by Gasteiger charge is -2.04. The summed E-state index contributed by atoms with van der Waals surface area (Å²) in [7, 11) is 0. The van der Waals surface area contributed by atoms with E-state index in [-0.39, 0.29) is 12.3 Å². The number of carboxylic acids is 1. The molecule has 0 aliphatic rings. The molecule has 0 aromatic heterocycles. The number of nitrogens with one attached hydrogen (secondary N) is 1. The second-order valence-electron chi connectivity index (χ2n) is 4.12. The predicted molar refractivity (Wildman–Crippen MR) is 73.9 cm³/mol. The van der Waals surface area contributed by atoms with Crippen molar-refractivity contribution in [2.75, 3.05) is 6.54 Å². The zero-order valence-corrected chi connectivity index (χ0v) is 10.8. The van der Waals surface area contributed by atoms with Gasteiger partial charge in [0.05, 0.1) is 0 Å². The Bertz CT molecular complexity index is 520. The molecule has 6 nitrogen and oxygen atoms in total. The molecule has 0 bridgehead atoms. The van der Waals surface area contributed by atoms with Crippen LogP contribution in [0.5, 0.6) is 0 Å². The second kappa shape index (κ2) is 7.73. The molecule has 0 atom stereocenters. The van der Waals surface area contributed by atoms with Crippen LogP contribution in [0, 0.1) is 0 Å². The van der Waals surface area contributed by atoms with Crippen LogP contribution in [0.1, 0.15) is 28.8 Å². The van der Waals surface area contributed by atoms with Crippen molar-refractivity contribution in [1.29, 1.82) is 0 Å². The van der Waals surface area contributed by atoms with Gasteiger partial charge < -0.3 is 16.2 Å². The Labute approximate surface area is 116 Å². The SMILES string of the molecule is NC(=O)CCCNC(=O)c1ccc(C=CC(=O)O)cc1. The van der Waals surface area contributed by atoms with Gasteiger partial charge in [-0.15, -0.1) is 0 Å². The van der Waals surface area contributed by atoms with E-state index in [9.17, 15) is 14.4 Å². The number of hydrogen-bond acceptors (Lipinski definition) is 3. The number of hydrogen-bond donors (Lipinski definition) is 3. The fourth-order valence-electron chi connectivity index (χ4n) is 1.48. The summed E-state index contributed by atoms with van der Waals surface area (Å²) in [5, 5.41) is 11.2. The minimum atomic E-state index is -1.03. The zero-order valence-electron chi connectivity index (χ0n) is 10.8. The summed E-state index contributed by atoms with van der Waals surface area (Å²) < 4.78 is 0. The van der Waals surface area contributed by atoms with Gasteiger partial charge in [-0.3, -0.25) is 9.59 Å². The number of nitrogens with two attached hydrogens (primary N) is 1. The Hall–Kier alpha value is -2.63. The molecule has 1 aromatic carbocycles. The summed E-state index contributed by atoms with van der Waals surface area (Å²) in [6.45, 7) is 0.377. The molecule has 0 heterocycles. The van der Waals surface area contributed by atoms with Gasteiger partial charge in [-0.1, -0.05) is 12.1 Å². The fourth-order valence-corrected chi connectivity index (χ4v) is 1.48. The molecule has 6 heteroatoms. The van der Waals surface area contributed by atoms with E-state index < -0.39 is 11.9 Å². The van der Waals surface area contributed by atoms with Crippen molar-refractivity contribution in [3.8, 4) is 0 Å². The maximum atomic E-state index is 11.7. The van der Waals surface area contributed by atoms with Crippen molar-refractivity contribution in [1.82, 2.24) is 5.32 Å². The van der Waals surface area contributed by atoms with Gasteiger partial charge in [0, 0.05) is 24.6 Å². The van der Waals surface area contributed by atoms with E-state index in [2.05, 4.69) is 5.32 Å². The highest BCUT2D eigenvalue weighted by molar-refractivity contribution is 5.94. The van der Waals surface area contributed by atoms with Crippen LogP contribution in [0.15, 0.2) is 30.3 Å². The standard InChI is InChI=1S/C14H16N2O4/c15-12(17)2-1-9-16-14(20)11-6-3-10(4-7-11)5-8-13(18)19/h3-8H,1-2,9H2,(H2,15,17)(H,16,20)(H,18,19). The van der Waals surface area contributed by atoms with Crippen molar-refractivity contribution in [3.05, 3.63) is 41.5 Å². The molecule has 0 aliphatic heterocycles. The number of carboxylic acid groups (broad SMARTS) is 1. The summed E-state index contributed by atoms with van der Waals surface area (Å²) in [5.41, 5.74) is 6.15. The van der Waals surface area contributed by atoms with E-state index in [0.29, 0.717) is 24.1 Å². The number of aliphatic carboxylic acids is 1. The number of carbonyl (C=O) groups excluding carboxylic acids is 2. The summed E-state index contributed by atoms with van der Waals surface area (Å²) in [4.78, 5) is 32.6.